The molecular formula is C29H40FN5O2. The first-order chi connectivity index (χ1) is 17.8. The van der Waals surface area contributed by atoms with Crippen molar-refractivity contribution >= 4 is 11.8 Å². The van der Waals surface area contributed by atoms with Gasteiger partial charge in [0.05, 0.1) is 17.3 Å². The average Bonchev–Trinajstić information content (AvgIpc) is 3.53. The maximum Gasteiger partial charge on any atom is 0.257 e. The van der Waals surface area contributed by atoms with Crippen molar-refractivity contribution in [1.29, 1.82) is 0 Å². The molecule has 1 aliphatic carbocycles. The second-order valence-corrected chi connectivity index (χ2v) is 11.5. The van der Waals surface area contributed by atoms with Crippen LogP contribution in [-0.4, -0.2) is 64.1 Å². The van der Waals surface area contributed by atoms with Crippen molar-refractivity contribution in [3.63, 3.8) is 0 Å². The van der Waals surface area contributed by atoms with Crippen molar-refractivity contribution in [3.05, 3.63) is 52.6 Å². The lowest BCUT2D eigenvalue weighted by molar-refractivity contribution is -0.118. The number of nitrogens with two attached hydrogens (primary N) is 1. The van der Waals surface area contributed by atoms with Gasteiger partial charge in [-0.3, -0.25) is 14.3 Å². The number of hydrogen-bond donors (Lipinski definition) is 1. The smallest absolute Gasteiger partial charge is 0.257 e. The number of likely N-dealkylation sites (tertiary alicyclic amines) is 2. The molecule has 1 aromatic carbocycles. The number of rotatable bonds is 8. The number of fused-ring (bicyclic) bond motifs is 1. The molecule has 8 heteroatoms. The number of carbonyl (C=O) groups is 2. The van der Waals surface area contributed by atoms with Crippen LogP contribution in [0.4, 0.5) is 4.39 Å². The van der Waals surface area contributed by atoms with E-state index in [0.717, 1.165) is 74.5 Å². The van der Waals surface area contributed by atoms with Gasteiger partial charge in [-0.25, -0.2) is 4.39 Å². The van der Waals surface area contributed by atoms with E-state index in [4.69, 9.17) is 10.8 Å². The fourth-order valence-electron chi connectivity index (χ4n) is 6.98. The van der Waals surface area contributed by atoms with Crippen molar-refractivity contribution in [2.45, 2.75) is 70.8 Å². The summed E-state index contributed by atoms with van der Waals surface area (Å²) >= 11 is 0. The quantitative estimate of drug-likeness (QED) is 0.578. The lowest BCUT2D eigenvalue weighted by Crippen LogP contribution is -2.34. The van der Waals surface area contributed by atoms with Crippen molar-refractivity contribution in [2.75, 3.05) is 32.7 Å². The third kappa shape index (κ3) is 5.59. The zero-order valence-electron chi connectivity index (χ0n) is 22.2. The van der Waals surface area contributed by atoms with E-state index in [1.54, 1.807) is 6.07 Å². The maximum absolute atomic E-state index is 13.8. The van der Waals surface area contributed by atoms with E-state index in [-0.39, 0.29) is 30.0 Å². The molecule has 5 rings (SSSR count). The standard InChI is InChI=1S/C29H40FN5O2/c1-19-28(20(2)35(32-19)26-9-4-3-5-10-26)29(37)34-17-23-15-33(16-24(23)18-34)12-11-22(14-27(31)36)21-7-6-8-25(30)13-21/h6-8,13,22-24,26H,3-5,9-12,14-18H2,1-2H3,(H2,31,36)/t22-,23?,24?/m0/s1. The molecule has 2 aliphatic heterocycles. The van der Waals surface area contributed by atoms with Crippen LogP contribution < -0.4 is 5.73 Å². The highest BCUT2D eigenvalue weighted by Gasteiger charge is 2.42. The van der Waals surface area contributed by atoms with Crippen LogP contribution in [0.3, 0.4) is 0 Å². The second kappa shape index (κ2) is 10.9. The maximum atomic E-state index is 13.8. The number of halogens is 1. The van der Waals surface area contributed by atoms with Gasteiger partial charge in [0.15, 0.2) is 0 Å². The molecule has 2 N–H and O–H groups in total. The zero-order chi connectivity index (χ0) is 26.1. The molecule has 3 aliphatic rings. The highest BCUT2D eigenvalue weighted by Crippen LogP contribution is 2.35. The Balaban J connectivity index is 1.18. The van der Waals surface area contributed by atoms with Gasteiger partial charge in [-0.15, -0.1) is 0 Å². The van der Waals surface area contributed by atoms with E-state index in [1.165, 1.54) is 31.4 Å². The fourth-order valence-corrected chi connectivity index (χ4v) is 6.98. The number of amides is 2. The highest BCUT2D eigenvalue weighted by atomic mass is 19.1. The van der Waals surface area contributed by atoms with E-state index in [9.17, 15) is 14.0 Å². The van der Waals surface area contributed by atoms with Crippen LogP contribution in [0.25, 0.3) is 0 Å². The summed E-state index contributed by atoms with van der Waals surface area (Å²) in [6, 6.07) is 6.91. The minimum atomic E-state index is -0.362. The molecule has 0 spiro atoms. The minimum Gasteiger partial charge on any atom is -0.370 e. The number of benzene rings is 1. The van der Waals surface area contributed by atoms with Gasteiger partial charge < -0.3 is 15.5 Å². The summed E-state index contributed by atoms with van der Waals surface area (Å²) < 4.78 is 15.9. The van der Waals surface area contributed by atoms with Crippen LogP contribution >= 0.6 is 0 Å². The van der Waals surface area contributed by atoms with Gasteiger partial charge in [0, 0.05) is 38.3 Å². The molecule has 200 valence electrons. The van der Waals surface area contributed by atoms with Crippen LogP contribution in [0, 0.1) is 31.5 Å². The van der Waals surface area contributed by atoms with Crippen molar-refractivity contribution in [2.24, 2.45) is 17.6 Å². The summed E-state index contributed by atoms with van der Waals surface area (Å²) in [5.74, 6) is 0.314. The Hall–Kier alpha value is -2.74. The summed E-state index contributed by atoms with van der Waals surface area (Å²) in [5.41, 5.74) is 8.99. The number of primary amides is 1. The van der Waals surface area contributed by atoms with Gasteiger partial charge in [-0.05, 0) is 75.1 Å². The fraction of sp³-hybridized carbons (Fsp3) is 0.621. The molecule has 1 saturated carbocycles. The molecule has 0 bridgehead atoms. The molecule has 3 atom stereocenters. The van der Waals surface area contributed by atoms with Crippen LogP contribution in [0.1, 0.15) is 84.2 Å². The Morgan fingerprint density at radius 3 is 2.43 bits per heavy atom. The molecule has 2 amide bonds. The third-order valence-corrected chi connectivity index (χ3v) is 8.87. The number of aryl methyl sites for hydroxylation is 1. The first-order valence-electron chi connectivity index (χ1n) is 13.9. The predicted octanol–water partition coefficient (Wildman–Crippen LogP) is 4.20. The first kappa shape index (κ1) is 25.9. The lowest BCUT2D eigenvalue weighted by Gasteiger charge is -2.24. The molecule has 0 radical (unpaired) electrons. The molecule has 2 aromatic rings. The van der Waals surface area contributed by atoms with E-state index >= 15 is 0 Å². The summed E-state index contributed by atoms with van der Waals surface area (Å²) in [5, 5.41) is 4.81. The van der Waals surface area contributed by atoms with Gasteiger partial charge in [-0.2, -0.15) is 5.10 Å². The normalized spacial score (nSPS) is 23.4. The van der Waals surface area contributed by atoms with Gasteiger partial charge >= 0.3 is 0 Å². The number of nitrogens with zero attached hydrogens (tertiary/aromatic N) is 4. The average molecular weight is 510 g/mol. The third-order valence-electron chi connectivity index (χ3n) is 8.87. The Labute approximate surface area is 219 Å². The van der Waals surface area contributed by atoms with Crippen molar-refractivity contribution in [1.82, 2.24) is 19.6 Å². The monoisotopic (exact) mass is 509 g/mol. The summed E-state index contributed by atoms with van der Waals surface area (Å²) in [7, 11) is 0. The zero-order valence-corrected chi connectivity index (χ0v) is 22.2. The minimum absolute atomic E-state index is 0.0848. The molecular weight excluding hydrogens is 469 g/mol. The van der Waals surface area contributed by atoms with Gasteiger partial charge in [0.2, 0.25) is 5.91 Å². The molecule has 7 nitrogen and oxygen atoms in total. The van der Waals surface area contributed by atoms with Crippen LogP contribution in [0.2, 0.25) is 0 Å². The van der Waals surface area contributed by atoms with Crippen molar-refractivity contribution in [3.8, 4) is 0 Å². The second-order valence-electron chi connectivity index (χ2n) is 11.5. The molecule has 37 heavy (non-hydrogen) atoms. The Bertz CT molecular complexity index is 1130. The number of carbonyl (C=O) groups excluding carboxylic acids is 2. The lowest BCUT2D eigenvalue weighted by atomic mass is 9.92. The van der Waals surface area contributed by atoms with Crippen LogP contribution in [0.15, 0.2) is 24.3 Å². The van der Waals surface area contributed by atoms with E-state index in [0.29, 0.717) is 17.9 Å². The number of hydrogen-bond acceptors (Lipinski definition) is 4. The predicted molar refractivity (Wildman–Crippen MR) is 141 cm³/mol. The molecule has 3 heterocycles. The molecule has 2 unspecified atom stereocenters. The van der Waals surface area contributed by atoms with Gasteiger partial charge in [-0.1, -0.05) is 31.4 Å². The Morgan fingerprint density at radius 2 is 1.78 bits per heavy atom. The summed E-state index contributed by atoms with van der Waals surface area (Å²) in [6.45, 7) is 8.31. The van der Waals surface area contributed by atoms with Gasteiger partial charge in [0.25, 0.3) is 5.91 Å². The van der Waals surface area contributed by atoms with Crippen molar-refractivity contribution < 1.29 is 14.0 Å². The van der Waals surface area contributed by atoms with E-state index in [1.807, 2.05) is 17.9 Å². The first-order valence-corrected chi connectivity index (χ1v) is 13.9. The SMILES string of the molecule is Cc1nn(C2CCCCC2)c(C)c1C(=O)N1CC2CN(CC[C@@H](CC(N)=O)c3cccc(F)c3)CC2C1. The molecule has 3 fully saturated rings. The van der Waals surface area contributed by atoms with Crippen LogP contribution in [-0.2, 0) is 4.79 Å². The largest absolute Gasteiger partial charge is 0.370 e. The molecule has 2 saturated heterocycles. The van der Waals surface area contributed by atoms with E-state index in [2.05, 4.69) is 16.5 Å². The number of aromatic nitrogens is 2. The molecule has 1 aromatic heterocycles. The summed E-state index contributed by atoms with van der Waals surface area (Å²) in [6.07, 6.45) is 7.06. The van der Waals surface area contributed by atoms with Crippen LogP contribution in [0.5, 0.6) is 0 Å². The Morgan fingerprint density at radius 1 is 1.08 bits per heavy atom. The summed E-state index contributed by atoms with van der Waals surface area (Å²) in [4.78, 5) is 29.7. The topological polar surface area (TPSA) is 84.5 Å². The van der Waals surface area contributed by atoms with Gasteiger partial charge in [0.1, 0.15) is 5.82 Å². The Kier molecular flexibility index (Phi) is 7.65. The highest BCUT2D eigenvalue weighted by molar-refractivity contribution is 5.96. The van der Waals surface area contributed by atoms with E-state index < -0.39 is 0 Å².